The summed E-state index contributed by atoms with van der Waals surface area (Å²) in [6.07, 6.45) is 0. The number of benzene rings is 2. The second kappa shape index (κ2) is 14.7. The number of hydrogen-bond donors (Lipinski definition) is 4. The van der Waals surface area contributed by atoms with Crippen molar-refractivity contribution >= 4 is 58.9 Å². The zero-order chi connectivity index (χ0) is 23.5. The average Bonchev–Trinajstić information content (AvgIpc) is 2.97. The Hall–Kier alpha value is -2.23. The molecule has 12 heteroatoms. The number of aromatic hydroxyl groups is 3. The molecule has 0 saturated heterocycles. The molecule has 1 aliphatic rings. The number of rotatable bonds is 1. The van der Waals surface area contributed by atoms with E-state index in [0.717, 1.165) is 0 Å². The number of phenols is 3. The van der Waals surface area contributed by atoms with E-state index in [4.69, 9.17) is 26.0 Å². The summed E-state index contributed by atoms with van der Waals surface area (Å²) in [7, 11) is 3.20. The number of carbonyl (C=O) groups excluding carboxylic acids is 2. The van der Waals surface area contributed by atoms with Crippen molar-refractivity contribution in [3.05, 3.63) is 47.5 Å². The molecule has 31 heavy (non-hydrogen) atoms. The van der Waals surface area contributed by atoms with E-state index in [-0.39, 0.29) is 49.4 Å². The Labute approximate surface area is 196 Å². The molecule has 7 nitrogen and oxygen atoms in total. The van der Waals surface area contributed by atoms with Gasteiger partial charge in [0.05, 0.1) is 0 Å². The van der Waals surface area contributed by atoms with Crippen LogP contribution in [0.1, 0.15) is 27.6 Å². The van der Waals surface area contributed by atoms with Gasteiger partial charge in [-0.3, -0.25) is 9.59 Å². The predicted molar refractivity (Wildman–Crippen MR) is 130 cm³/mol. The van der Waals surface area contributed by atoms with Gasteiger partial charge >= 0.3 is 24.8 Å². The summed E-state index contributed by atoms with van der Waals surface area (Å²) in [6, 6.07) is 8.97. The van der Waals surface area contributed by atoms with Crippen LogP contribution < -0.4 is 4.74 Å². The molecular formula is C19H24B2ClNO6SSi. The van der Waals surface area contributed by atoms with Crippen molar-refractivity contribution in [3.63, 3.8) is 0 Å². The fraction of sp³-hybridized carbons (Fsp3) is 0.263. The van der Waals surface area contributed by atoms with Gasteiger partial charge in [-0.1, -0.05) is 31.8 Å². The van der Waals surface area contributed by atoms with Crippen LogP contribution in [0, 0.1) is 0 Å². The van der Waals surface area contributed by atoms with Crippen LogP contribution in [0.3, 0.4) is 0 Å². The molecule has 0 atom stereocenters. The summed E-state index contributed by atoms with van der Waals surface area (Å²) < 4.78 is 7.68. The quantitative estimate of drug-likeness (QED) is 0.212. The normalized spacial score (nSPS) is 10.8. The van der Waals surface area contributed by atoms with Crippen molar-refractivity contribution in [2.24, 2.45) is 4.30 Å². The number of thiol groups is 1. The van der Waals surface area contributed by atoms with Crippen LogP contribution in [0.5, 0.6) is 23.0 Å². The topological polar surface area (TPSA) is 116 Å². The molecule has 0 saturated carbocycles. The molecule has 0 fully saturated rings. The third-order valence-corrected chi connectivity index (χ3v) is 3.01. The average molecular weight is 480 g/mol. The Bertz CT molecular complexity index is 853. The molecular weight excluding hydrogens is 455 g/mol. The monoisotopic (exact) mass is 479 g/mol. The van der Waals surface area contributed by atoms with Crippen LogP contribution in [-0.4, -0.2) is 56.9 Å². The van der Waals surface area contributed by atoms with Crippen LogP contribution in [0.2, 0.25) is 19.6 Å². The molecule has 0 aromatic heterocycles. The van der Waals surface area contributed by atoms with E-state index >= 15 is 0 Å². The number of phenolic OH excluding ortho intramolecular Hbond substituents is 3. The van der Waals surface area contributed by atoms with Crippen LogP contribution in [0.4, 0.5) is 0 Å². The van der Waals surface area contributed by atoms with Gasteiger partial charge in [0.25, 0.3) is 0 Å². The van der Waals surface area contributed by atoms with Crippen LogP contribution in [-0.2, 0) is 0 Å². The number of ether oxygens (including phenoxy) is 1. The summed E-state index contributed by atoms with van der Waals surface area (Å²) in [5, 5.41) is 27.4. The number of nitrogens with zero attached hydrogens (tertiary/aromatic N) is 1. The minimum absolute atomic E-state index is 0. The first kappa shape index (κ1) is 31.0. The summed E-state index contributed by atoms with van der Waals surface area (Å²) in [6.45, 7) is 7.61. The van der Waals surface area contributed by atoms with Crippen LogP contribution >= 0.6 is 23.9 Å². The van der Waals surface area contributed by atoms with E-state index in [1.165, 1.54) is 31.2 Å². The third-order valence-electron chi connectivity index (χ3n) is 3.01. The van der Waals surface area contributed by atoms with Gasteiger partial charge in [0.15, 0.2) is 12.4 Å². The first-order valence-corrected chi connectivity index (χ1v) is 13.5. The zero-order valence-corrected chi connectivity index (χ0v) is 20.3. The molecule has 3 rings (SSSR count). The predicted octanol–water partition coefficient (Wildman–Crippen LogP) is 4.13. The standard InChI is InChI=1S/C8H6O3.C8H8O3.C3H9ClSi.BHNS.B/c9-5-2-1-3-7-8(5)6(10)4-11-7;1-5(9)8-6(10)3-2-4-7(8)11;1-5(2,3)4;1-2-3;/h1-3,9H,4H2;2-4,10-11H,1H3;1-3H3;3H;. The Balaban J connectivity index is 0. The van der Waals surface area contributed by atoms with E-state index in [1.807, 2.05) is 0 Å². The summed E-state index contributed by atoms with van der Waals surface area (Å²) >= 11 is 8.86. The van der Waals surface area contributed by atoms with Gasteiger partial charge in [-0.2, -0.15) is 11.1 Å². The number of ketones is 2. The number of halogens is 1. The zero-order valence-electron chi connectivity index (χ0n) is 17.7. The van der Waals surface area contributed by atoms with E-state index < -0.39 is 7.38 Å². The van der Waals surface area contributed by atoms with Crippen molar-refractivity contribution in [2.45, 2.75) is 26.6 Å². The molecule has 0 bridgehead atoms. The minimum atomic E-state index is -1.14. The second-order valence-electron chi connectivity index (χ2n) is 6.77. The van der Waals surface area contributed by atoms with Crippen molar-refractivity contribution in [1.82, 2.24) is 0 Å². The van der Waals surface area contributed by atoms with Crippen molar-refractivity contribution in [1.29, 1.82) is 0 Å². The maximum absolute atomic E-state index is 11.0. The Morgan fingerprint density at radius 3 is 1.84 bits per heavy atom. The Morgan fingerprint density at radius 2 is 1.48 bits per heavy atom. The molecule has 0 unspecified atom stereocenters. The molecule has 164 valence electrons. The van der Waals surface area contributed by atoms with Crippen LogP contribution in [0.15, 0.2) is 40.7 Å². The fourth-order valence-corrected chi connectivity index (χ4v) is 2.02. The number of Topliss-reactive ketones (excluding diaryl/α,β-unsaturated/α-hetero) is 2. The van der Waals surface area contributed by atoms with E-state index in [0.29, 0.717) is 11.3 Å². The number of hydrogen-bond acceptors (Lipinski definition) is 8. The molecule has 0 spiro atoms. The summed E-state index contributed by atoms with van der Waals surface area (Å²) in [4.78, 5) is 21.8. The molecule has 0 amide bonds. The van der Waals surface area contributed by atoms with Gasteiger partial charge in [0, 0.05) is 8.41 Å². The fourth-order valence-electron chi connectivity index (χ4n) is 2.02. The maximum atomic E-state index is 11.0. The first-order chi connectivity index (χ1) is 13.8. The summed E-state index contributed by atoms with van der Waals surface area (Å²) in [5.74, 6) is -0.381. The molecule has 3 N–H and O–H groups in total. The van der Waals surface area contributed by atoms with E-state index in [2.05, 4.69) is 44.4 Å². The molecule has 0 aliphatic carbocycles. The Kier molecular flexibility index (Phi) is 14.7. The first-order valence-electron chi connectivity index (χ1n) is 8.56. The third kappa shape index (κ3) is 12.3. The van der Waals surface area contributed by atoms with Gasteiger partial charge in [-0.05, 0) is 31.2 Å². The van der Waals surface area contributed by atoms with Crippen molar-refractivity contribution in [3.8, 4) is 23.0 Å². The molecule has 1 heterocycles. The molecule has 1 aliphatic heterocycles. The van der Waals surface area contributed by atoms with Gasteiger partial charge in [-0.15, -0.1) is 0 Å². The molecule has 4 radical (unpaired) electrons. The number of fused-ring (bicyclic) bond motifs is 1. The molecule has 2 aromatic rings. The van der Waals surface area contributed by atoms with Gasteiger partial charge in [-0.25, -0.2) is 0 Å². The van der Waals surface area contributed by atoms with Crippen molar-refractivity contribution < 1.29 is 29.6 Å². The summed E-state index contributed by atoms with van der Waals surface area (Å²) in [5.41, 5.74) is 0.292. The number of carbonyl (C=O) groups is 2. The molecule has 2 aromatic carbocycles. The van der Waals surface area contributed by atoms with Crippen molar-refractivity contribution in [2.75, 3.05) is 6.61 Å². The van der Waals surface area contributed by atoms with Gasteiger partial charge < -0.3 is 20.1 Å². The Morgan fingerprint density at radius 1 is 1.10 bits per heavy atom. The second-order valence-corrected chi connectivity index (χ2v) is 14.5. The van der Waals surface area contributed by atoms with Crippen LogP contribution in [0.25, 0.3) is 0 Å². The van der Waals surface area contributed by atoms with Gasteiger partial charge in [0.2, 0.25) is 5.78 Å². The van der Waals surface area contributed by atoms with Gasteiger partial charge in [0.1, 0.15) is 41.5 Å². The van der Waals surface area contributed by atoms with E-state index in [9.17, 15) is 14.7 Å². The SMILES string of the molecule is CC(=O)c1c(O)cccc1O.C[Si](C)(C)Cl.O=C1COc2cccc(O)c21.[B].[B]=NS. The van der Waals surface area contributed by atoms with E-state index in [1.54, 1.807) is 12.1 Å².